The largest absolute Gasteiger partial charge is 0.704 e. The van der Waals surface area contributed by atoms with Gasteiger partial charge in [-0.3, -0.25) is 0 Å². The smallest absolute Gasteiger partial charge is 0.310 e. The van der Waals surface area contributed by atoms with E-state index in [2.05, 4.69) is 15.6 Å². The van der Waals surface area contributed by atoms with Crippen molar-refractivity contribution in [3.8, 4) is 0 Å². The van der Waals surface area contributed by atoms with Gasteiger partial charge < -0.3 is 4.89 Å². The summed E-state index contributed by atoms with van der Waals surface area (Å²) in [5.41, 5.74) is 0. The van der Waals surface area contributed by atoms with Crippen LogP contribution >= 0.6 is 26.4 Å². The molecule has 0 spiro atoms. The van der Waals surface area contributed by atoms with Gasteiger partial charge in [0.25, 0.3) is 0 Å². The molecule has 0 aliphatic heterocycles. The molecule has 0 aromatic carbocycles. The quantitative estimate of drug-likeness (QED) is 0.618. The third kappa shape index (κ3) is 6.50. The maximum atomic E-state index is 9.78. The van der Waals surface area contributed by atoms with Crippen LogP contribution in [-0.2, 0) is 13.4 Å². The van der Waals surface area contributed by atoms with Crippen molar-refractivity contribution in [3.63, 3.8) is 0 Å². The fourth-order valence-electron chi connectivity index (χ4n) is 0.0862. The van der Waals surface area contributed by atoms with Gasteiger partial charge in [0.05, 0.1) is 0 Å². The van der Waals surface area contributed by atoms with Crippen molar-refractivity contribution < 1.29 is 23.2 Å². The van der Waals surface area contributed by atoms with E-state index < -0.39 is 15.2 Å². The SMILES string of the molecule is O=[P+](O)OP(=O)(O)Cl. The normalized spacial score (nSPS) is 19.6. The molecule has 0 aliphatic carbocycles. The van der Waals surface area contributed by atoms with Gasteiger partial charge in [0.1, 0.15) is 0 Å². The topological polar surface area (TPSA) is 83.8 Å². The summed E-state index contributed by atoms with van der Waals surface area (Å²) < 4.78 is 22.7. The minimum absolute atomic E-state index is 3.08. The Morgan fingerprint density at radius 1 is 1.75 bits per heavy atom. The molecule has 2 N–H and O–H groups in total. The highest BCUT2D eigenvalue weighted by molar-refractivity contribution is 7.83. The molecule has 0 aromatic heterocycles. The Balaban J connectivity index is 3.74. The molecule has 0 radical (unpaired) electrons. The third-order valence-electron chi connectivity index (χ3n) is 0.171. The van der Waals surface area contributed by atoms with E-state index in [1.54, 1.807) is 0 Å². The second-order valence-electron chi connectivity index (χ2n) is 0.771. The van der Waals surface area contributed by atoms with Gasteiger partial charge in [-0.15, -0.1) is 4.89 Å². The van der Waals surface area contributed by atoms with Crippen molar-refractivity contribution in [2.24, 2.45) is 0 Å². The number of halogens is 1. The molecule has 8 heteroatoms. The summed E-state index contributed by atoms with van der Waals surface area (Å²) >= 11 is 4.47. The first-order valence-electron chi connectivity index (χ1n) is 1.30. The fraction of sp³-hybridized carbons (Fsp3) is 0. The first-order chi connectivity index (χ1) is 3.42. The van der Waals surface area contributed by atoms with Crippen molar-refractivity contribution in [2.45, 2.75) is 0 Å². The lowest BCUT2D eigenvalue weighted by molar-refractivity contribution is 0.365. The van der Waals surface area contributed by atoms with E-state index in [4.69, 9.17) is 9.79 Å². The van der Waals surface area contributed by atoms with Crippen LogP contribution in [0.25, 0.3) is 0 Å². The van der Waals surface area contributed by atoms with Crippen LogP contribution in [0.15, 0.2) is 0 Å². The Morgan fingerprint density at radius 3 is 2.12 bits per heavy atom. The zero-order valence-corrected chi connectivity index (χ0v) is 5.94. The van der Waals surface area contributed by atoms with Gasteiger partial charge in [-0.05, 0) is 4.31 Å². The average molecular weight is 179 g/mol. The van der Waals surface area contributed by atoms with Crippen molar-refractivity contribution in [3.05, 3.63) is 0 Å². The van der Waals surface area contributed by atoms with Gasteiger partial charge in [0, 0.05) is 15.8 Å². The number of hydrogen-bond donors (Lipinski definition) is 2. The van der Waals surface area contributed by atoms with Crippen LogP contribution in [0.1, 0.15) is 0 Å². The van der Waals surface area contributed by atoms with Crippen LogP contribution < -0.4 is 0 Å². The predicted octanol–water partition coefficient (Wildman–Crippen LogP) is 0.992. The van der Waals surface area contributed by atoms with Crippen LogP contribution in [0.2, 0.25) is 0 Å². The third-order valence-corrected chi connectivity index (χ3v) is 2.09. The van der Waals surface area contributed by atoms with E-state index in [-0.39, 0.29) is 0 Å². The standard InChI is InChI=1S/ClHO5P2/c1-8(4,5)6-7(2)3/h(H-,2,3,4,5)/p+1. The Hall–Kier alpha value is 0.500. The van der Waals surface area contributed by atoms with Gasteiger partial charge in [-0.25, -0.2) is 4.57 Å². The van der Waals surface area contributed by atoms with E-state index in [9.17, 15) is 9.13 Å². The molecule has 0 saturated heterocycles. The lowest BCUT2D eigenvalue weighted by Crippen LogP contribution is -1.67. The summed E-state index contributed by atoms with van der Waals surface area (Å²) in [6.45, 7) is -4.28. The van der Waals surface area contributed by atoms with Crippen LogP contribution in [0.4, 0.5) is 0 Å². The van der Waals surface area contributed by atoms with Gasteiger partial charge in [-0.1, -0.05) is 0 Å². The monoisotopic (exact) mass is 179 g/mol. The average Bonchev–Trinajstić information content (AvgIpc) is 1.21. The Kier molecular flexibility index (Phi) is 3.05. The summed E-state index contributed by atoms with van der Waals surface area (Å²) in [4.78, 5) is 15.7. The molecule has 0 rings (SSSR count). The van der Waals surface area contributed by atoms with Crippen molar-refractivity contribution in [1.82, 2.24) is 0 Å². The molecule has 2 atom stereocenters. The minimum Gasteiger partial charge on any atom is -0.310 e. The Morgan fingerprint density at radius 2 is 2.12 bits per heavy atom. The van der Waals surface area contributed by atoms with Crippen molar-refractivity contribution in [1.29, 1.82) is 0 Å². The Bertz CT molecular complexity index is 133. The zero-order chi connectivity index (χ0) is 6.78. The summed E-state index contributed by atoms with van der Waals surface area (Å²) in [6, 6.07) is 0. The Labute approximate surface area is 50.5 Å². The summed E-state index contributed by atoms with van der Waals surface area (Å²) in [7, 11) is -3.08. The van der Waals surface area contributed by atoms with Crippen molar-refractivity contribution in [2.75, 3.05) is 0 Å². The van der Waals surface area contributed by atoms with Crippen LogP contribution in [0.5, 0.6) is 0 Å². The fourth-order valence-corrected chi connectivity index (χ4v) is 1.25. The maximum absolute atomic E-state index is 9.78. The second kappa shape index (κ2) is 2.87. The van der Waals surface area contributed by atoms with E-state index in [1.165, 1.54) is 0 Å². The summed E-state index contributed by atoms with van der Waals surface area (Å²) in [6.07, 6.45) is 0. The maximum Gasteiger partial charge on any atom is 0.704 e. The van der Waals surface area contributed by atoms with Crippen LogP contribution in [0.3, 0.4) is 0 Å². The van der Waals surface area contributed by atoms with E-state index in [0.29, 0.717) is 0 Å². The first-order valence-corrected chi connectivity index (χ1v) is 4.91. The highest BCUT2D eigenvalue weighted by Gasteiger charge is 2.29. The predicted molar refractivity (Wildman–Crippen MR) is 26.6 cm³/mol. The molecular formula is H2ClO5P2+. The molecule has 0 amide bonds. The molecule has 2 unspecified atom stereocenters. The number of rotatable bonds is 2. The second-order valence-corrected chi connectivity index (χ2v) is 4.08. The molecule has 0 bridgehead atoms. The van der Waals surface area contributed by atoms with Gasteiger partial charge in [0.2, 0.25) is 0 Å². The molecule has 0 aliphatic rings. The highest BCUT2D eigenvalue weighted by Crippen LogP contribution is 2.53. The number of hydrogen-bond acceptors (Lipinski definition) is 3. The van der Waals surface area contributed by atoms with Gasteiger partial charge in [-0.2, -0.15) is 0 Å². The zero-order valence-electron chi connectivity index (χ0n) is 3.39. The van der Waals surface area contributed by atoms with Crippen LogP contribution in [0, 0.1) is 0 Å². The molecular weight excluding hydrogens is 177 g/mol. The molecule has 0 fully saturated rings. The molecule has 48 valence electrons. The van der Waals surface area contributed by atoms with E-state index in [0.717, 1.165) is 0 Å². The molecule has 0 aromatic rings. The molecule has 8 heavy (non-hydrogen) atoms. The van der Waals surface area contributed by atoms with E-state index in [1.807, 2.05) is 0 Å². The molecule has 5 nitrogen and oxygen atoms in total. The lowest BCUT2D eigenvalue weighted by atomic mass is 15.8. The first kappa shape index (κ1) is 8.50. The summed E-state index contributed by atoms with van der Waals surface area (Å²) in [5, 5.41) is 0. The molecule has 0 heterocycles. The summed E-state index contributed by atoms with van der Waals surface area (Å²) in [5.74, 6) is 0. The van der Waals surface area contributed by atoms with Crippen LogP contribution in [-0.4, -0.2) is 9.79 Å². The van der Waals surface area contributed by atoms with Gasteiger partial charge in [0.15, 0.2) is 0 Å². The van der Waals surface area contributed by atoms with Gasteiger partial charge >= 0.3 is 15.2 Å². The van der Waals surface area contributed by atoms with Crippen molar-refractivity contribution >= 4 is 26.4 Å². The highest BCUT2D eigenvalue weighted by atomic mass is 35.7. The lowest BCUT2D eigenvalue weighted by Gasteiger charge is -1.84. The van der Waals surface area contributed by atoms with E-state index >= 15 is 0 Å². The minimum atomic E-state index is -4.28. The molecule has 0 saturated carbocycles.